The van der Waals surface area contributed by atoms with Crippen LogP contribution in [-0.4, -0.2) is 22.9 Å². The summed E-state index contributed by atoms with van der Waals surface area (Å²) in [7, 11) is 1.41. The van der Waals surface area contributed by atoms with E-state index in [1.807, 2.05) is 6.92 Å². The minimum atomic E-state index is -0.409. The molecule has 1 saturated carbocycles. The van der Waals surface area contributed by atoms with Crippen LogP contribution in [-0.2, 0) is 22.5 Å². The lowest BCUT2D eigenvalue weighted by molar-refractivity contribution is -0.145. The topological polar surface area (TPSA) is 74.3 Å². The summed E-state index contributed by atoms with van der Waals surface area (Å²) in [5.74, 6) is 0.157. The van der Waals surface area contributed by atoms with E-state index in [-0.39, 0.29) is 11.9 Å². The molecule has 1 aliphatic rings. The Bertz CT molecular complexity index is 477. The predicted molar refractivity (Wildman–Crippen MR) is 63.0 cm³/mol. The van der Waals surface area contributed by atoms with E-state index in [9.17, 15) is 9.59 Å². The summed E-state index contributed by atoms with van der Waals surface area (Å²) in [6.45, 7) is 2.41. The maximum Gasteiger partial charge on any atom is 0.437 e. The maximum atomic E-state index is 11.5. The van der Waals surface area contributed by atoms with Crippen molar-refractivity contribution < 1.29 is 13.9 Å². The second-order valence-electron chi connectivity index (χ2n) is 4.70. The van der Waals surface area contributed by atoms with E-state index in [0.717, 1.165) is 19.3 Å². The Morgan fingerprint density at radius 2 is 2.33 bits per heavy atom. The Kier molecular flexibility index (Phi) is 3.84. The summed E-state index contributed by atoms with van der Waals surface area (Å²) in [6.07, 6.45) is 3.11. The number of aromatic nitrogens is 2. The van der Waals surface area contributed by atoms with Gasteiger partial charge in [-0.1, -0.05) is 6.92 Å². The number of esters is 1. The molecular weight excluding hydrogens is 236 g/mol. The van der Waals surface area contributed by atoms with E-state index in [2.05, 4.69) is 5.10 Å². The molecule has 0 N–H and O–H groups in total. The van der Waals surface area contributed by atoms with Crippen LogP contribution in [0.2, 0.25) is 0 Å². The average Bonchev–Trinajstić information content (AvgIpc) is 2.97. The second-order valence-corrected chi connectivity index (χ2v) is 4.70. The van der Waals surface area contributed by atoms with Crippen molar-refractivity contribution in [2.75, 3.05) is 7.11 Å². The molecule has 0 aromatic carbocycles. The number of carbonyl (C=O) groups is 1. The minimum Gasteiger partial charge on any atom is -0.469 e. The number of rotatable bonds is 4. The highest BCUT2D eigenvalue weighted by Gasteiger charge is 2.31. The first kappa shape index (κ1) is 12.9. The van der Waals surface area contributed by atoms with Crippen LogP contribution >= 0.6 is 0 Å². The van der Waals surface area contributed by atoms with Crippen molar-refractivity contribution in [1.29, 1.82) is 0 Å². The number of nitrogens with zero attached hydrogens (tertiary/aromatic N) is 2. The average molecular weight is 254 g/mol. The predicted octanol–water partition coefficient (Wildman–Crippen LogP) is 0.988. The van der Waals surface area contributed by atoms with Gasteiger partial charge in [-0.15, -0.1) is 5.10 Å². The maximum absolute atomic E-state index is 11.5. The largest absolute Gasteiger partial charge is 0.469 e. The molecule has 1 aromatic heterocycles. The molecule has 1 aliphatic carbocycles. The van der Waals surface area contributed by atoms with Crippen LogP contribution in [0.4, 0.5) is 0 Å². The van der Waals surface area contributed by atoms with Crippen molar-refractivity contribution >= 4 is 5.97 Å². The molecule has 2 atom stereocenters. The van der Waals surface area contributed by atoms with Gasteiger partial charge < -0.3 is 9.15 Å². The molecule has 1 aromatic rings. The van der Waals surface area contributed by atoms with Crippen LogP contribution in [0, 0.1) is 11.8 Å². The monoisotopic (exact) mass is 254 g/mol. The van der Waals surface area contributed by atoms with Crippen LogP contribution in [0.25, 0.3) is 0 Å². The lowest BCUT2D eigenvalue weighted by Gasteiger charge is -2.08. The van der Waals surface area contributed by atoms with Gasteiger partial charge in [-0.2, -0.15) is 4.68 Å². The van der Waals surface area contributed by atoms with Gasteiger partial charge in [-0.25, -0.2) is 4.79 Å². The number of hydrogen-bond acceptors (Lipinski definition) is 5. The van der Waals surface area contributed by atoms with E-state index in [1.165, 1.54) is 11.8 Å². The molecule has 1 fully saturated rings. The van der Waals surface area contributed by atoms with Gasteiger partial charge in [0, 0.05) is 6.42 Å². The molecule has 0 unspecified atom stereocenters. The number of methoxy groups -OCH3 is 1. The SMILES string of the molecule is CCc1nn(C[C@@H]2CC[C@H](C(=O)OC)C2)c(=O)o1. The van der Waals surface area contributed by atoms with E-state index in [4.69, 9.17) is 9.15 Å². The molecule has 0 saturated heterocycles. The fraction of sp³-hybridized carbons (Fsp3) is 0.750. The zero-order valence-corrected chi connectivity index (χ0v) is 10.7. The first-order valence-electron chi connectivity index (χ1n) is 6.28. The molecule has 0 radical (unpaired) electrons. The third kappa shape index (κ3) is 2.63. The minimum absolute atomic E-state index is 0.0340. The van der Waals surface area contributed by atoms with Gasteiger partial charge in [0.2, 0.25) is 5.89 Å². The van der Waals surface area contributed by atoms with Crippen LogP contribution in [0.5, 0.6) is 0 Å². The van der Waals surface area contributed by atoms with Gasteiger partial charge in [0.1, 0.15) is 0 Å². The molecule has 6 nitrogen and oxygen atoms in total. The number of hydrogen-bond donors (Lipinski definition) is 0. The summed E-state index contributed by atoms with van der Waals surface area (Å²) < 4.78 is 11.1. The smallest absolute Gasteiger partial charge is 0.437 e. The molecule has 2 rings (SSSR count). The molecular formula is C12H18N2O4. The van der Waals surface area contributed by atoms with Crippen molar-refractivity contribution in [3.8, 4) is 0 Å². The highest BCUT2D eigenvalue weighted by atomic mass is 16.5. The Balaban J connectivity index is 1.97. The summed E-state index contributed by atoms with van der Waals surface area (Å²) in [5.41, 5.74) is 0. The second kappa shape index (κ2) is 5.37. The van der Waals surface area contributed by atoms with E-state index < -0.39 is 5.76 Å². The molecule has 6 heteroatoms. The van der Waals surface area contributed by atoms with Crippen molar-refractivity contribution in [2.24, 2.45) is 11.8 Å². The van der Waals surface area contributed by atoms with E-state index >= 15 is 0 Å². The molecule has 0 bridgehead atoms. The molecule has 0 aliphatic heterocycles. The standard InChI is InChI=1S/C12H18N2O4/c1-3-10-13-14(12(16)18-10)7-8-4-5-9(6-8)11(15)17-2/h8-9H,3-7H2,1-2H3/t8-,9+/m1/s1. The van der Waals surface area contributed by atoms with Gasteiger partial charge >= 0.3 is 11.7 Å². The summed E-state index contributed by atoms with van der Waals surface area (Å²) in [5, 5.41) is 4.10. The van der Waals surface area contributed by atoms with Crippen LogP contribution in [0.1, 0.15) is 32.1 Å². The Morgan fingerprint density at radius 3 is 2.94 bits per heavy atom. The Labute approximate surface area is 105 Å². The number of ether oxygens (including phenoxy) is 1. The molecule has 18 heavy (non-hydrogen) atoms. The quantitative estimate of drug-likeness (QED) is 0.749. The first-order chi connectivity index (χ1) is 8.63. The fourth-order valence-corrected chi connectivity index (χ4v) is 2.47. The third-order valence-electron chi connectivity index (χ3n) is 3.46. The highest BCUT2D eigenvalue weighted by molar-refractivity contribution is 5.72. The number of aryl methyl sites for hydroxylation is 1. The summed E-state index contributed by atoms with van der Waals surface area (Å²) in [4.78, 5) is 22.9. The lowest BCUT2D eigenvalue weighted by Crippen LogP contribution is -2.21. The van der Waals surface area contributed by atoms with E-state index in [0.29, 0.717) is 24.8 Å². The molecule has 1 heterocycles. The normalized spacial score (nSPS) is 23.2. The summed E-state index contributed by atoms with van der Waals surface area (Å²) >= 11 is 0. The van der Waals surface area contributed by atoms with Gasteiger partial charge in [0.05, 0.1) is 19.6 Å². The first-order valence-corrected chi connectivity index (χ1v) is 6.28. The molecule has 0 spiro atoms. The van der Waals surface area contributed by atoms with Crippen LogP contribution in [0.3, 0.4) is 0 Å². The van der Waals surface area contributed by atoms with Gasteiger partial charge in [0.25, 0.3) is 0 Å². The van der Waals surface area contributed by atoms with Gasteiger partial charge in [-0.3, -0.25) is 4.79 Å². The zero-order valence-electron chi connectivity index (χ0n) is 10.7. The fourth-order valence-electron chi connectivity index (χ4n) is 2.47. The Hall–Kier alpha value is -1.59. The Morgan fingerprint density at radius 1 is 1.56 bits per heavy atom. The number of carbonyl (C=O) groups excluding carboxylic acids is 1. The molecule has 100 valence electrons. The van der Waals surface area contributed by atoms with Gasteiger partial charge in [0.15, 0.2) is 0 Å². The van der Waals surface area contributed by atoms with E-state index in [1.54, 1.807) is 0 Å². The zero-order chi connectivity index (χ0) is 13.1. The van der Waals surface area contributed by atoms with Crippen molar-refractivity contribution in [2.45, 2.75) is 39.2 Å². The molecule has 0 amide bonds. The lowest BCUT2D eigenvalue weighted by atomic mass is 10.1. The van der Waals surface area contributed by atoms with Crippen molar-refractivity contribution in [3.05, 3.63) is 16.4 Å². The van der Waals surface area contributed by atoms with Crippen LogP contribution < -0.4 is 5.76 Å². The van der Waals surface area contributed by atoms with Crippen molar-refractivity contribution in [3.63, 3.8) is 0 Å². The highest BCUT2D eigenvalue weighted by Crippen LogP contribution is 2.32. The third-order valence-corrected chi connectivity index (χ3v) is 3.46. The van der Waals surface area contributed by atoms with Crippen molar-refractivity contribution in [1.82, 2.24) is 9.78 Å². The van der Waals surface area contributed by atoms with Crippen LogP contribution in [0.15, 0.2) is 9.21 Å². The van der Waals surface area contributed by atoms with Gasteiger partial charge in [-0.05, 0) is 25.2 Å². The summed E-state index contributed by atoms with van der Waals surface area (Å²) in [6, 6.07) is 0.